The molecule has 0 amide bonds. The van der Waals surface area contributed by atoms with Crippen molar-refractivity contribution in [1.29, 1.82) is 0 Å². The van der Waals surface area contributed by atoms with Gasteiger partial charge in [-0.2, -0.15) is 0 Å². The van der Waals surface area contributed by atoms with Gasteiger partial charge in [-0.3, -0.25) is 0 Å². The number of hydrogen-bond acceptors (Lipinski definition) is 2. The number of rotatable bonds is 10. The smallest absolute Gasteiger partial charge is 0.0215 e. The van der Waals surface area contributed by atoms with E-state index in [0.29, 0.717) is 0 Å². The van der Waals surface area contributed by atoms with E-state index in [2.05, 4.69) is 30.7 Å². The van der Waals surface area contributed by atoms with Gasteiger partial charge < -0.3 is 0 Å². The fraction of sp³-hybridized carbons (Fsp3) is 0.833. The van der Waals surface area contributed by atoms with E-state index in [1.807, 2.05) is 0 Å². The van der Waals surface area contributed by atoms with Crippen LogP contribution in [0, 0.1) is 0 Å². The van der Waals surface area contributed by atoms with Gasteiger partial charge in [-0.1, -0.05) is 68.4 Å². The van der Waals surface area contributed by atoms with Crippen LogP contribution in [0.15, 0.2) is 12.2 Å². The molecule has 0 aliphatic heterocycles. The summed E-state index contributed by atoms with van der Waals surface area (Å²) < 4.78 is 0. The van der Waals surface area contributed by atoms with Crippen LogP contribution in [0.2, 0.25) is 0 Å². The van der Waals surface area contributed by atoms with Crippen LogP contribution in [0.1, 0.15) is 58.3 Å². The first-order chi connectivity index (χ1) is 6.91. The molecule has 0 aromatic heterocycles. The molecule has 84 valence electrons. The molecular formula is C12H24S2. The average molecular weight is 232 g/mol. The summed E-state index contributed by atoms with van der Waals surface area (Å²) in [5.41, 5.74) is 0. The molecule has 0 aliphatic carbocycles. The van der Waals surface area contributed by atoms with Crippen molar-refractivity contribution in [3.8, 4) is 0 Å². The lowest BCUT2D eigenvalue weighted by molar-refractivity contribution is 0.592. The van der Waals surface area contributed by atoms with Gasteiger partial charge in [0.1, 0.15) is 0 Å². The van der Waals surface area contributed by atoms with Crippen LogP contribution in [0.25, 0.3) is 0 Å². The predicted molar refractivity (Wildman–Crippen MR) is 73.2 cm³/mol. The van der Waals surface area contributed by atoms with E-state index < -0.39 is 0 Å². The normalized spacial score (nSPS) is 11.3. The van der Waals surface area contributed by atoms with Gasteiger partial charge in [-0.05, 0) is 12.8 Å². The van der Waals surface area contributed by atoms with Crippen molar-refractivity contribution in [3.05, 3.63) is 12.2 Å². The predicted octanol–water partition coefficient (Wildman–Crippen LogP) is 5.26. The van der Waals surface area contributed by atoms with Crippen LogP contribution in [-0.4, -0.2) is 5.75 Å². The number of unbranched alkanes of at least 4 members (excludes halogenated alkanes) is 7. The third-order valence-electron chi connectivity index (χ3n) is 2.31. The van der Waals surface area contributed by atoms with Gasteiger partial charge in [0.15, 0.2) is 0 Å². The van der Waals surface area contributed by atoms with Crippen LogP contribution in [0.4, 0.5) is 0 Å². The zero-order valence-electron chi connectivity index (χ0n) is 9.37. The molecule has 0 fully saturated rings. The largest absolute Gasteiger partial charge is 0.111 e. The first-order valence-electron chi connectivity index (χ1n) is 5.83. The lowest BCUT2D eigenvalue weighted by atomic mass is 10.1. The fourth-order valence-electron chi connectivity index (χ4n) is 1.45. The van der Waals surface area contributed by atoms with E-state index >= 15 is 0 Å². The van der Waals surface area contributed by atoms with E-state index in [4.69, 9.17) is 0 Å². The van der Waals surface area contributed by atoms with Crippen molar-refractivity contribution < 1.29 is 0 Å². The molecule has 0 heterocycles. The van der Waals surface area contributed by atoms with E-state index in [0.717, 1.165) is 5.75 Å². The summed E-state index contributed by atoms with van der Waals surface area (Å²) in [7, 11) is 1.59. The lowest BCUT2D eigenvalue weighted by Crippen LogP contribution is -1.79. The second-order valence-electron chi connectivity index (χ2n) is 3.68. The van der Waals surface area contributed by atoms with Gasteiger partial charge >= 0.3 is 0 Å². The van der Waals surface area contributed by atoms with Crippen molar-refractivity contribution in [3.63, 3.8) is 0 Å². The van der Waals surface area contributed by atoms with E-state index in [-0.39, 0.29) is 0 Å². The minimum atomic E-state index is 1.04. The molecule has 0 atom stereocenters. The molecule has 0 bridgehead atoms. The Balaban J connectivity index is 2.91. The third kappa shape index (κ3) is 12.4. The second kappa shape index (κ2) is 13.4. The van der Waals surface area contributed by atoms with Gasteiger partial charge in [0.2, 0.25) is 0 Å². The van der Waals surface area contributed by atoms with Crippen LogP contribution < -0.4 is 0 Å². The molecule has 0 aromatic rings. The summed E-state index contributed by atoms with van der Waals surface area (Å²) in [4.78, 5) is 0. The lowest BCUT2D eigenvalue weighted by Gasteiger charge is -1.98. The first kappa shape index (κ1) is 14.4. The Morgan fingerprint density at radius 2 is 1.57 bits per heavy atom. The molecule has 0 rings (SSSR count). The van der Waals surface area contributed by atoms with Crippen molar-refractivity contribution in [1.82, 2.24) is 0 Å². The Morgan fingerprint density at radius 3 is 2.21 bits per heavy atom. The molecule has 0 N–H and O–H groups in total. The van der Waals surface area contributed by atoms with Gasteiger partial charge in [0.05, 0.1) is 0 Å². The van der Waals surface area contributed by atoms with Crippen molar-refractivity contribution in [2.45, 2.75) is 58.3 Å². The molecular weight excluding hydrogens is 208 g/mol. The summed E-state index contributed by atoms with van der Waals surface area (Å²) >= 11 is 4.08. The minimum absolute atomic E-state index is 1.04. The third-order valence-corrected chi connectivity index (χ3v) is 3.10. The Kier molecular flexibility index (Phi) is 13.9. The van der Waals surface area contributed by atoms with Gasteiger partial charge in [0.25, 0.3) is 0 Å². The molecule has 0 saturated heterocycles. The van der Waals surface area contributed by atoms with Crippen molar-refractivity contribution in [2.75, 3.05) is 5.75 Å². The Morgan fingerprint density at radius 1 is 0.929 bits per heavy atom. The molecule has 14 heavy (non-hydrogen) atoms. The topological polar surface area (TPSA) is 0 Å². The molecule has 0 nitrogen and oxygen atoms in total. The highest BCUT2D eigenvalue weighted by Crippen LogP contribution is 2.09. The average Bonchev–Trinajstić information content (AvgIpc) is 2.21. The molecule has 0 spiro atoms. The molecule has 0 radical (unpaired) electrons. The van der Waals surface area contributed by atoms with E-state index in [1.165, 1.54) is 51.4 Å². The highest BCUT2D eigenvalue weighted by atomic mass is 33.1. The maximum absolute atomic E-state index is 4.08. The number of hydrogen-bond donors (Lipinski definition) is 1. The standard InChI is InChI=1S/C12H24S2/c1-2-3-4-5-6-7-8-9-10-11-12-14-13/h10-11,13H,2-9,12H2,1H3. The summed E-state index contributed by atoms with van der Waals surface area (Å²) in [6.07, 6.45) is 15.6. The first-order valence-corrected chi connectivity index (χ1v) is 7.87. The maximum Gasteiger partial charge on any atom is 0.0215 e. The van der Waals surface area contributed by atoms with Crippen LogP contribution >= 0.6 is 22.5 Å². The second-order valence-corrected chi connectivity index (χ2v) is 5.04. The Hall–Kier alpha value is 0.440. The van der Waals surface area contributed by atoms with E-state index in [9.17, 15) is 0 Å². The highest BCUT2D eigenvalue weighted by molar-refractivity contribution is 8.68. The van der Waals surface area contributed by atoms with Gasteiger partial charge in [-0.25, -0.2) is 0 Å². The zero-order valence-corrected chi connectivity index (χ0v) is 11.1. The summed E-state index contributed by atoms with van der Waals surface area (Å²) in [6, 6.07) is 0. The summed E-state index contributed by atoms with van der Waals surface area (Å²) in [5, 5.41) is 0. The van der Waals surface area contributed by atoms with Gasteiger partial charge in [-0.15, -0.1) is 11.7 Å². The van der Waals surface area contributed by atoms with Crippen molar-refractivity contribution in [2.24, 2.45) is 0 Å². The maximum atomic E-state index is 4.08. The highest BCUT2D eigenvalue weighted by Gasteiger charge is 1.88. The van der Waals surface area contributed by atoms with Crippen molar-refractivity contribution >= 4 is 22.5 Å². The molecule has 0 aromatic carbocycles. The van der Waals surface area contributed by atoms with Crippen LogP contribution in [-0.2, 0) is 0 Å². The quantitative estimate of drug-likeness (QED) is 0.232. The van der Waals surface area contributed by atoms with Crippen LogP contribution in [0.3, 0.4) is 0 Å². The molecule has 2 heteroatoms. The Labute approximate surface area is 98.7 Å². The minimum Gasteiger partial charge on any atom is -0.111 e. The van der Waals surface area contributed by atoms with E-state index in [1.54, 1.807) is 10.8 Å². The van der Waals surface area contributed by atoms with Gasteiger partial charge in [0, 0.05) is 5.75 Å². The fourth-order valence-corrected chi connectivity index (χ4v) is 1.93. The summed E-state index contributed by atoms with van der Waals surface area (Å²) in [6.45, 7) is 2.27. The monoisotopic (exact) mass is 232 g/mol. The SMILES string of the molecule is CCCCCCCCCC=CCSS. The zero-order chi connectivity index (χ0) is 10.5. The molecule has 0 unspecified atom stereocenters. The Bertz CT molecular complexity index is 121. The molecule has 0 aliphatic rings. The summed E-state index contributed by atoms with van der Waals surface area (Å²) in [5.74, 6) is 1.04. The van der Waals surface area contributed by atoms with Crippen LogP contribution in [0.5, 0.6) is 0 Å². The number of thiol groups is 1. The number of allylic oxidation sites excluding steroid dienone is 1. The molecule has 0 saturated carbocycles.